The second kappa shape index (κ2) is 6.44. The molecule has 0 saturated heterocycles. The molecule has 0 aromatic carbocycles. The highest BCUT2D eigenvalue weighted by atomic mass is 16.4. The average molecular weight is 232 g/mol. The highest BCUT2D eigenvalue weighted by Crippen LogP contribution is 2.01. The highest BCUT2D eigenvalue weighted by Gasteiger charge is 2.25. The summed E-state index contributed by atoms with van der Waals surface area (Å²) in [6.45, 7) is 6.17. The number of aliphatic hydroxyl groups is 1. The molecule has 94 valence electrons. The molecule has 16 heavy (non-hydrogen) atoms. The zero-order chi connectivity index (χ0) is 12.8. The lowest BCUT2D eigenvalue weighted by Gasteiger charge is -2.24. The molecule has 0 heterocycles. The van der Waals surface area contributed by atoms with Crippen molar-refractivity contribution < 1.29 is 19.8 Å². The monoisotopic (exact) mass is 232 g/mol. The van der Waals surface area contributed by atoms with Crippen molar-refractivity contribution in [2.45, 2.75) is 38.8 Å². The molecule has 0 aliphatic rings. The normalized spacial score (nSPS) is 13.2. The predicted octanol–water partition coefficient (Wildman–Crippen LogP) is -0.674. The Labute approximate surface area is 95.0 Å². The SMILES string of the molecule is CCNC(C)(C)C(=O)NCC[C@H](O)C(=O)O. The van der Waals surface area contributed by atoms with Crippen LogP contribution >= 0.6 is 0 Å². The van der Waals surface area contributed by atoms with E-state index < -0.39 is 17.6 Å². The van der Waals surface area contributed by atoms with Crippen LogP contribution in [0.3, 0.4) is 0 Å². The third-order valence-corrected chi connectivity index (χ3v) is 2.17. The molecule has 0 fully saturated rings. The number of carbonyl (C=O) groups excluding carboxylic acids is 1. The first kappa shape index (κ1) is 14.9. The number of carboxylic acid groups (broad SMARTS) is 1. The first-order valence-corrected chi connectivity index (χ1v) is 5.25. The molecular formula is C10H20N2O4. The summed E-state index contributed by atoms with van der Waals surface area (Å²) in [5, 5.41) is 23.0. The smallest absolute Gasteiger partial charge is 0.332 e. The zero-order valence-electron chi connectivity index (χ0n) is 9.91. The fourth-order valence-corrected chi connectivity index (χ4v) is 1.19. The lowest BCUT2D eigenvalue weighted by atomic mass is 10.0. The van der Waals surface area contributed by atoms with E-state index in [4.69, 9.17) is 10.2 Å². The van der Waals surface area contributed by atoms with Crippen LogP contribution < -0.4 is 10.6 Å². The predicted molar refractivity (Wildman–Crippen MR) is 59.0 cm³/mol. The van der Waals surface area contributed by atoms with Gasteiger partial charge < -0.3 is 20.8 Å². The highest BCUT2D eigenvalue weighted by molar-refractivity contribution is 5.85. The third kappa shape index (κ3) is 5.09. The van der Waals surface area contributed by atoms with Crippen molar-refractivity contribution in [3.05, 3.63) is 0 Å². The van der Waals surface area contributed by atoms with Gasteiger partial charge in [-0.2, -0.15) is 0 Å². The molecule has 0 saturated carbocycles. The number of aliphatic hydroxyl groups excluding tert-OH is 1. The second-order valence-electron chi connectivity index (χ2n) is 4.05. The Bertz CT molecular complexity index is 253. The van der Waals surface area contributed by atoms with Crippen molar-refractivity contribution in [1.82, 2.24) is 10.6 Å². The number of carboxylic acids is 1. The van der Waals surface area contributed by atoms with E-state index >= 15 is 0 Å². The van der Waals surface area contributed by atoms with E-state index in [9.17, 15) is 9.59 Å². The van der Waals surface area contributed by atoms with E-state index in [1.54, 1.807) is 13.8 Å². The van der Waals surface area contributed by atoms with Crippen LogP contribution in [0.2, 0.25) is 0 Å². The van der Waals surface area contributed by atoms with Crippen molar-refractivity contribution in [2.24, 2.45) is 0 Å². The third-order valence-electron chi connectivity index (χ3n) is 2.17. The molecule has 0 unspecified atom stereocenters. The van der Waals surface area contributed by atoms with E-state index in [1.807, 2.05) is 6.92 Å². The molecule has 0 aliphatic carbocycles. The number of carbonyl (C=O) groups is 2. The summed E-state index contributed by atoms with van der Waals surface area (Å²) in [7, 11) is 0. The van der Waals surface area contributed by atoms with Crippen LogP contribution in [0.25, 0.3) is 0 Å². The summed E-state index contributed by atoms with van der Waals surface area (Å²) in [6, 6.07) is 0. The maximum atomic E-state index is 11.6. The standard InChI is InChI=1S/C10H20N2O4/c1-4-12-10(2,3)9(16)11-6-5-7(13)8(14)15/h7,12-13H,4-6H2,1-3H3,(H,11,16)(H,14,15)/t7-/m0/s1. The fraction of sp³-hybridized carbons (Fsp3) is 0.800. The quantitative estimate of drug-likeness (QED) is 0.466. The van der Waals surface area contributed by atoms with Crippen LogP contribution in [0.1, 0.15) is 27.2 Å². The molecule has 6 heteroatoms. The Balaban J connectivity index is 3.94. The maximum absolute atomic E-state index is 11.6. The minimum absolute atomic E-state index is 0.00325. The lowest BCUT2D eigenvalue weighted by Crippen LogP contribution is -2.53. The minimum atomic E-state index is -1.43. The van der Waals surface area contributed by atoms with Gasteiger partial charge in [-0.15, -0.1) is 0 Å². The van der Waals surface area contributed by atoms with E-state index in [1.165, 1.54) is 0 Å². The number of likely N-dealkylation sites (N-methyl/N-ethyl adjacent to an activating group) is 1. The molecule has 0 aromatic rings. The van der Waals surface area contributed by atoms with E-state index in [-0.39, 0.29) is 18.9 Å². The van der Waals surface area contributed by atoms with Gasteiger partial charge in [-0.25, -0.2) is 4.79 Å². The molecule has 0 radical (unpaired) electrons. The van der Waals surface area contributed by atoms with Gasteiger partial charge in [-0.1, -0.05) is 6.92 Å². The Morgan fingerprint density at radius 3 is 2.38 bits per heavy atom. The summed E-state index contributed by atoms with van der Waals surface area (Å²) >= 11 is 0. The summed E-state index contributed by atoms with van der Waals surface area (Å²) in [5.41, 5.74) is -0.692. The largest absolute Gasteiger partial charge is 0.479 e. The van der Waals surface area contributed by atoms with Gasteiger partial charge >= 0.3 is 5.97 Å². The van der Waals surface area contributed by atoms with Gasteiger partial charge in [0.15, 0.2) is 6.10 Å². The molecule has 0 spiro atoms. The van der Waals surface area contributed by atoms with Crippen molar-refractivity contribution in [3.8, 4) is 0 Å². The number of hydrogen-bond acceptors (Lipinski definition) is 4. The molecule has 0 rings (SSSR count). The molecule has 6 nitrogen and oxygen atoms in total. The summed E-state index contributed by atoms with van der Waals surface area (Å²) in [4.78, 5) is 21.9. The van der Waals surface area contributed by atoms with Gasteiger partial charge in [0.2, 0.25) is 5.91 Å². The van der Waals surface area contributed by atoms with Gasteiger partial charge in [0.05, 0.1) is 5.54 Å². The number of rotatable bonds is 7. The Morgan fingerprint density at radius 2 is 1.94 bits per heavy atom. The van der Waals surface area contributed by atoms with Crippen LogP contribution in [0, 0.1) is 0 Å². The minimum Gasteiger partial charge on any atom is -0.479 e. The van der Waals surface area contributed by atoms with Crippen molar-refractivity contribution in [1.29, 1.82) is 0 Å². The number of aliphatic carboxylic acids is 1. The molecule has 0 aromatic heterocycles. The van der Waals surface area contributed by atoms with Gasteiger partial charge in [0.1, 0.15) is 0 Å². The summed E-state index contributed by atoms with van der Waals surface area (Å²) in [6.07, 6.45) is -1.42. The van der Waals surface area contributed by atoms with E-state index in [0.717, 1.165) is 0 Å². The molecule has 0 bridgehead atoms. The van der Waals surface area contributed by atoms with Crippen molar-refractivity contribution in [3.63, 3.8) is 0 Å². The second-order valence-corrected chi connectivity index (χ2v) is 4.05. The van der Waals surface area contributed by atoms with Crippen LogP contribution in [-0.2, 0) is 9.59 Å². The first-order chi connectivity index (χ1) is 7.31. The topological polar surface area (TPSA) is 98.7 Å². The van der Waals surface area contributed by atoms with Gasteiger partial charge in [0.25, 0.3) is 0 Å². The van der Waals surface area contributed by atoms with Gasteiger partial charge in [0, 0.05) is 13.0 Å². The Morgan fingerprint density at radius 1 is 1.38 bits per heavy atom. The maximum Gasteiger partial charge on any atom is 0.332 e. The Hall–Kier alpha value is -1.14. The van der Waals surface area contributed by atoms with Crippen LogP contribution in [-0.4, -0.2) is 46.8 Å². The molecule has 1 amide bonds. The molecule has 4 N–H and O–H groups in total. The first-order valence-electron chi connectivity index (χ1n) is 5.25. The van der Waals surface area contributed by atoms with Crippen LogP contribution in [0.15, 0.2) is 0 Å². The summed E-state index contributed by atoms with van der Waals surface area (Å²) < 4.78 is 0. The van der Waals surface area contributed by atoms with Crippen LogP contribution in [0.5, 0.6) is 0 Å². The van der Waals surface area contributed by atoms with E-state index in [0.29, 0.717) is 6.54 Å². The zero-order valence-corrected chi connectivity index (χ0v) is 9.91. The van der Waals surface area contributed by atoms with E-state index in [2.05, 4.69) is 10.6 Å². The molecule has 1 atom stereocenters. The number of nitrogens with one attached hydrogen (secondary N) is 2. The van der Waals surface area contributed by atoms with Gasteiger partial charge in [-0.3, -0.25) is 4.79 Å². The lowest BCUT2D eigenvalue weighted by molar-refractivity contribution is -0.147. The Kier molecular flexibility index (Phi) is 5.98. The van der Waals surface area contributed by atoms with Gasteiger partial charge in [-0.05, 0) is 20.4 Å². The number of amides is 1. The van der Waals surface area contributed by atoms with Crippen molar-refractivity contribution >= 4 is 11.9 Å². The van der Waals surface area contributed by atoms with Crippen molar-refractivity contribution in [2.75, 3.05) is 13.1 Å². The number of hydrogen-bond donors (Lipinski definition) is 4. The molecular weight excluding hydrogens is 212 g/mol. The average Bonchev–Trinajstić information content (AvgIpc) is 2.16. The summed E-state index contributed by atoms with van der Waals surface area (Å²) in [5.74, 6) is -1.49. The van der Waals surface area contributed by atoms with Crippen LogP contribution in [0.4, 0.5) is 0 Å². The molecule has 0 aliphatic heterocycles. The fourth-order valence-electron chi connectivity index (χ4n) is 1.19.